The summed E-state index contributed by atoms with van der Waals surface area (Å²) >= 11 is 0. The highest BCUT2D eigenvalue weighted by molar-refractivity contribution is 7.89. The molecule has 1 aliphatic heterocycles. The van der Waals surface area contributed by atoms with Gasteiger partial charge in [-0.3, -0.25) is 0 Å². The van der Waals surface area contributed by atoms with Crippen molar-refractivity contribution in [3.05, 3.63) is 64.2 Å². The van der Waals surface area contributed by atoms with Crippen LogP contribution in [0.1, 0.15) is 46.7 Å². The molecular weight excluding hydrogens is 322 g/mol. The van der Waals surface area contributed by atoms with Crippen LogP contribution in [0.15, 0.2) is 41.3 Å². The highest BCUT2D eigenvalue weighted by atomic mass is 32.2. The first-order chi connectivity index (χ1) is 11.5. The molecular formula is C19H21NO3S. The first-order valence-corrected chi connectivity index (χ1v) is 9.82. The predicted octanol–water partition coefficient (Wildman–Crippen LogP) is 3.38. The third-order valence-corrected chi connectivity index (χ3v) is 6.39. The summed E-state index contributed by atoms with van der Waals surface area (Å²) in [5.41, 5.74) is 5.58. The summed E-state index contributed by atoms with van der Waals surface area (Å²) in [6.07, 6.45) is 2.86. The smallest absolute Gasteiger partial charge is 0.241 e. The Bertz CT molecular complexity index is 889. The van der Waals surface area contributed by atoms with E-state index in [1.54, 1.807) is 12.1 Å². The number of aryl methyl sites for hydroxylation is 2. The van der Waals surface area contributed by atoms with E-state index < -0.39 is 10.0 Å². The van der Waals surface area contributed by atoms with Gasteiger partial charge in [0.05, 0.1) is 18.1 Å². The Morgan fingerprint density at radius 2 is 1.83 bits per heavy atom. The molecule has 2 aliphatic rings. The van der Waals surface area contributed by atoms with Gasteiger partial charge < -0.3 is 4.74 Å². The number of nitrogens with one attached hydrogen (secondary N) is 1. The minimum Gasteiger partial charge on any atom is -0.372 e. The lowest BCUT2D eigenvalue weighted by atomic mass is 9.87. The van der Waals surface area contributed by atoms with Crippen LogP contribution in [0.5, 0.6) is 0 Å². The molecule has 1 aliphatic carbocycles. The Morgan fingerprint density at radius 3 is 2.71 bits per heavy atom. The first kappa shape index (κ1) is 15.8. The summed E-state index contributed by atoms with van der Waals surface area (Å²) < 4.78 is 34.0. The summed E-state index contributed by atoms with van der Waals surface area (Å²) in [7, 11) is -3.54. The van der Waals surface area contributed by atoms with Crippen LogP contribution in [0.4, 0.5) is 0 Å². The normalized spacial score (nSPS) is 19.8. The van der Waals surface area contributed by atoms with E-state index in [0.717, 1.165) is 41.5 Å². The maximum absolute atomic E-state index is 12.8. The van der Waals surface area contributed by atoms with Gasteiger partial charge in [-0.05, 0) is 60.6 Å². The Morgan fingerprint density at radius 1 is 1.04 bits per heavy atom. The molecule has 1 heterocycles. The van der Waals surface area contributed by atoms with Gasteiger partial charge in [0, 0.05) is 6.04 Å². The van der Waals surface area contributed by atoms with Gasteiger partial charge in [0.2, 0.25) is 10.0 Å². The molecule has 0 unspecified atom stereocenters. The molecule has 0 saturated carbocycles. The Kier molecular flexibility index (Phi) is 3.95. The predicted molar refractivity (Wildman–Crippen MR) is 92.1 cm³/mol. The average Bonchev–Trinajstić information content (AvgIpc) is 3.03. The number of hydrogen-bond acceptors (Lipinski definition) is 3. The van der Waals surface area contributed by atoms with Crippen LogP contribution < -0.4 is 4.72 Å². The molecule has 1 N–H and O–H groups in total. The highest BCUT2D eigenvalue weighted by Gasteiger charge is 2.26. The zero-order valence-corrected chi connectivity index (χ0v) is 14.5. The van der Waals surface area contributed by atoms with Crippen molar-refractivity contribution in [2.75, 3.05) is 0 Å². The van der Waals surface area contributed by atoms with Crippen molar-refractivity contribution in [3.63, 3.8) is 0 Å². The van der Waals surface area contributed by atoms with Crippen molar-refractivity contribution in [1.82, 2.24) is 4.72 Å². The van der Waals surface area contributed by atoms with Crippen LogP contribution in [0.25, 0.3) is 0 Å². The van der Waals surface area contributed by atoms with Crippen LogP contribution in [-0.2, 0) is 34.4 Å². The second-order valence-corrected chi connectivity index (χ2v) is 8.41. The summed E-state index contributed by atoms with van der Waals surface area (Å²) in [5, 5.41) is 0. The Labute approximate surface area is 142 Å². The maximum atomic E-state index is 12.8. The van der Waals surface area contributed by atoms with Crippen LogP contribution >= 0.6 is 0 Å². The first-order valence-electron chi connectivity index (χ1n) is 8.34. The standard InChI is InChI=1S/C19H21NO3S/c1-13-5-6-14-3-2-4-19(18(14)9-13)20-24(21,22)17-8-7-15-11-23-12-16(15)10-17/h5-10,19-20H,2-4,11-12H2,1H3/t19-/m0/s1. The second kappa shape index (κ2) is 5.99. The van der Waals surface area contributed by atoms with E-state index in [9.17, 15) is 8.42 Å². The molecule has 0 bridgehead atoms. The van der Waals surface area contributed by atoms with Crippen molar-refractivity contribution < 1.29 is 13.2 Å². The number of hydrogen-bond donors (Lipinski definition) is 1. The van der Waals surface area contributed by atoms with Crippen molar-refractivity contribution in [1.29, 1.82) is 0 Å². The zero-order valence-electron chi connectivity index (χ0n) is 13.7. The number of fused-ring (bicyclic) bond motifs is 2. The topological polar surface area (TPSA) is 55.4 Å². The third-order valence-electron chi connectivity index (χ3n) is 4.92. The third kappa shape index (κ3) is 2.88. The highest BCUT2D eigenvalue weighted by Crippen LogP contribution is 2.32. The second-order valence-electron chi connectivity index (χ2n) is 6.69. The van der Waals surface area contributed by atoms with E-state index in [4.69, 9.17) is 4.74 Å². The molecule has 0 fully saturated rings. The minimum atomic E-state index is -3.54. The van der Waals surface area contributed by atoms with Crippen LogP contribution in [0.3, 0.4) is 0 Å². The van der Waals surface area contributed by atoms with Gasteiger partial charge >= 0.3 is 0 Å². The number of ether oxygens (including phenoxy) is 1. The van der Waals surface area contributed by atoms with Crippen LogP contribution in [0, 0.1) is 6.92 Å². The number of sulfonamides is 1. The zero-order chi connectivity index (χ0) is 16.7. The van der Waals surface area contributed by atoms with Crippen LogP contribution in [0.2, 0.25) is 0 Å². The molecule has 0 aromatic heterocycles. The summed E-state index contributed by atoms with van der Waals surface area (Å²) in [6, 6.07) is 11.4. The van der Waals surface area contributed by atoms with E-state index in [2.05, 4.69) is 22.9 Å². The van der Waals surface area contributed by atoms with Gasteiger partial charge in [0.1, 0.15) is 0 Å². The molecule has 126 valence electrons. The van der Waals surface area contributed by atoms with Gasteiger partial charge in [-0.1, -0.05) is 29.8 Å². The average molecular weight is 343 g/mol. The van der Waals surface area contributed by atoms with Gasteiger partial charge in [-0.25, -0.2) is 13.1 Å². The molecule has 5 heteroatoms. The Hall–Kier alpha value is -1.69. The molecule has 0 amide bonds. The van der Waals surface area contributed by atoms with E-state index in [0.29, 0.717) is 18.1 Å². The molecule has 0 radical (unpaired) electrons. The number of benzene rings is 2. The molecule has 2 aromatic rings. The van der Waals surface area contributed by atoms with Crippen molar-refractivity contribution >= 4 is 10.0 Å². The molecule has 0 saturated heterocycles. The molecule has 4 rings (SSSR count). The fourth-order valence-electron chi connectivity index (χ4n) is 3.61. The lowest BCUT2D eigenvalue weighted by Gasteiger charge is -2.26. The van der Waals surface area contributed by atoms with Gasteiger partial charge in [-0.15, -0.1) is 0 Å². The van der Waals surface area contributed by atoms with E-state index in [-0.39, 0.29) is 6.04 Å². The van der Waals surface area contributed by atoms with E-state index >= 15 is 0 Å². The van der Waals surface area contributed by atoms with E-state index in [1.165, 1.54) is 5.56 Å². The summed E-state index contributed by atoms with van der Waals surface area (Å²) in [4.78, 5) is 0.325. The van der Waals surface area contributed by atoms with Gasteiger partial charge in [0.15, 0.2) is 0 Å². The van der Waals surface area contributed by atoms with E-state index in [1.807, 2.05) is 13.0 Å². The Balaban J connectivity index is 1.65. The fourth-order valence-corrected chi connectivity index (χ4v) is 4.91. The van der Waals surface area contributed by atoms with Crippen molar-refractivity contribution in [2.45, 2.75) is 50.3 Å². The maximum Gasteiger partial charge on any atom is 0.241 e. The number of rotatable bonds is 3. The molecule has 1 atom stereocenters. The van der Waals surface area contributed by atoms with Crippen molar-refractivity contribution in [3.8, 4) is 0 Å². The lowest BCUT2D eigenvalue weighted by Crippen LogP contribution is -2.31. The molecule has 2 aromatic carbocycles. The quantitative estimate of drug-likeness (QED) is 0.929. The van der Waals surface area contributed by atoms with Gasteiger partial charge in [-0.2, -0.15) is 0 Å². The lowest BCUT2D eigenvalue weighted by molar-refractivity contribution is 0.134. The summed E-state index contributed by atoms with van der Waals surface area (Å²) in [6.45, 7) is 3.10. The largest absolute Gasteiger partial charge is 0.372 e. The van der Waals surface area contributed by atoms with Crippen LogP contribution in [-0.4, -0.2) is 8.42 Å². The molecule has 4 nitrogen and oxygen atoms in total. The molecule has 0 spiro atoms. The fraction of sp³-hybridized carbons (Fsp3) is 0.368. The van der Waals surface area contributed by atoms with Gasteiger partial charge in [0.25, 0.3) is 0 Å². The monoisotopic (exact) mass is 343 g/mol. The summed E-state index contributed by atoms with van der Waals surface area (Å²) in [5.74, 6) is 0. The SMILES string of the molecule is Cc1ccc2c(c1)[C@@H](NS(=O)(=O)c1ccc3c(c1)COC3)CCC2. The minimum absolute atomic E-state index is 0.150. The van der Waals surface area contributed by atoms with Crippen molar-refractivity contribution in [2.24, 2.45) is 0 Å². The molecule has 24 heavy (non-hydrogen) atoms.